The van der Waals surface area contributed by atoms with Crippen molar-refractivity contribution in [1.29, 1.82) is 0 Å². The predicted octanol–water partition coefficient (Wildman–Crippen LogP) is 2.03. The summed E-state index contributed by atoms with van der Waals surface area (Å²) in [5.74, 6) is -0.0400. The van der Waals surface area contributed by atoms with Gasteiger partial charge in [-0.3, -0.25) is 25.8 Å². The van der Waals surface area contributed by atoms with Gasteiger partial charge in [0.15, 0.2) is 11.7 Å². The lowest BCUT2D eigenvalue weighted by Gasteiger charge is -2.11. The molecule has 3 N–H and O–H groups in total. The first-order valence-electron chi connectivity index (χ1n) is 8.15. The molecule has 2 amide bonds. The highest BCUT2D eigenvalue weighted by molar-refractivity contribution is 7.80. The molecule has 2 aromatic carbocycles. The lowest BCUT2D eigenvalue weighted by molar-refractivity contribution is -0.123. The third kappa shape index (κ3) is 7.31. The summed E-state index contributed by atoms with van der Waals surface area (Å²) in [4.78, 5) is 23.5. The van der Waals surface area contributed by atoms with Crippen molar-refractivity contribution in [1.82, 2.24) is 16.2 Å². The number of hydrogen-bond donors (Lipinski definition) is 3. The highest BCUT2D eigenvalue weighted by Gasteiger charge is 2.07. The van der Waals surface area contributed by atoms with Gasteiger partial charge in [-0.2, -0.15) is 0 Å². The number of amides is 2. The van der Waals surface area contributed by atoms with Crippen molar-refractivity contribution < 1.29 is 14.3 Å². The van der Waals surface area contributed by atoms with Crippen molar-refractivity contribution in [2.45, 2.75) is 19.8 Å². The Kier molecular flexibility index (Phi) is 7.57. The topological polar surface area (TPSA) is 79.5 Å². The van der Waals surface area contributed by atoms with E-state index in [2.05, 4.69) is 16.2 Å². The highest BCUT2D eigenvalue weighted by atomic mass is 32.1. The maximum Gasteiger partial charge on any atom is 0.264 e. The van der Waals surface area contributed by atoms with Crippen LogP contribution < -0.4 is 20.9 Å². The van der Waals surface area contributed by atoms with E-state index < -0.39 is 5.91 Å². The van der Waals surface area contributed by atoms with E-state index in [1.807, 2.05) is 49.4 Å². The van der Waals surface area contributed by atoms with E-state index in [1.54, 1.807) is 12.1 Å². The van der Waals surface area contributed by atoms with Crippen molar-refractivity contribution >= 4 is 29.1 Å². The molecule has 0 fully saturated rings. The Hall–Kier alpha value is -2.93. The maximum atomic E-state index is 11.8. The van der Waals surface area contributed by atoms with E-state index in [9.17, 15) is 9.59 Å². The van der Waals surface area contributed by atoms with Crippen LogP contribution in [0.25, 0.3) is 0 Å². The Bertz CT molecular complexity index is 748. The van der Waals surface area contributed by atoms with Gasteiger partial charge in [0.1, 0.15) is 5.75 Å². The molecule has 2 aromatic rings. The number of nitrogens with one attached hydrogen (secondary N) is 3. The number of carbonyl (C=O) groups excluding carboxylic acids is 2. The molecular weight excluding hydrogens is 350 g/mol. The van der Waals surface area contributed by atoms with Gasteiger partial charge in [-0.25, -0.2) is 0 Å². The van der Waals surface area contributed by atoms with E-state index in [4.69, 9.17) is 17.0 Å². The summed E-state index contributed by atoms with van der Waals surface area (Å²) in [6, 6.07) is 17.0. The number of thiocarbonyl (C=S) groups is 1. The Morgan fingerprint density at radius 2 is 1.65 bits per heavy atom. The molecule has 136 valence electrons. The zero-order valence-electron chi connectivity index (χ0n) is 14.5. The maximum absolute atomic E-state index is 11.8. The predicted molar refractivity (Wildman–Crippen MR) is 103 cm³/mol. The fraction of sp³-hybridized carbons (Fsp3) is 0.211. The smallest absolute Gasteiger partial charge is 0.264 e. The second-order valence-electron chi connectivity index (χ2n) is 5.64. The fourth-order valence-electron chi connectivity index (χ4n) is 2.07. The Labute approximate surface area is 157 Å². The van der Waals surface area contributed by atoms with Crippen LogP contribution in [0.2, 0.25) is 0 Å². The Morgan fingerprint density at radius 3 is 2.35 bits per heavy atom. The molecular formula is C19H21N3O3S. The van der Waals surface area contributed by atoms with Gasteiger partial charge in [-0.1, -0.05) is 48.0 Å². The molecule has 26 heavy (non-hydrogen) atoms. The number of benzene rings is 2. The van der Waals surface area contributed by atoms with Crippen molar-refractivity contribution in [3.05, 3.63) is 65.7 Å². The van der Waals surface area contributed by atoms with Crippen LogP contribution in [-0.4, -0.2) is 23.5 Å². The van der Waals surface area contributed by atoms with Crippen LogP contribution in [0.3, 0.4) is 0 Å². The minimum absolute atomic E-state index is 0.00978. The van der Waals surface area contributed by atoms with Crippen LogP contribution in [0, 0.1) is 6.92 Å². The molecule has 0 bridgehead atoms. The van der Waals surface area contributed by atoms with Crippen LogP contribution in [0.4, 0.5) is 0 Å². The van der Waals surface area contributed by atoms with Gasteiger partial charge in [0.05, 0.1) is 0 Å². The third-order valence-electron chi connectivity index (χ3n) is 3.44. The lowest BCUT2D eigenvalue weighted by Crippen LogP contribution is -2.49. The molecule has 0 spiro atoms. The SMILES string of the molecule is Cc1ccc(OCC(=O)NC(=S)NNC(=O)CCc2ccccc2)cc1. The lowest BCUT2D eigenvalue weighted by atomic mass is 10.1. The number of hydrazine groups is 1. The summed E-state index contributed by atoms with van der Waals surface area (Å²) in [6.45, 7) is 1.79. The van der Waals surface area contributed by atoms with Crippen LogP contribution in [0.15, 0.2) is 54.6 Å². The first-order chi connectivity index (χ1) is 12.5. The summed E-state index contributed by atoms with van der Waals surface area (Å²) in [7, 11) is 0. The molecule has 7 heteroatoms. The molecule has 0 aromatic heterocycles. The summed E-state index contributed by atoms with van der Waals surface area (Å²) in [5, 5.41) is 2.44. The van der Waals surface area contributed by atoms with E-state index in [0.717, 1.165) is 11.1 Å². The number of aryl methyl sites for hydroxylation is 2. The van der Waals surface area contributed by atoms with Crippen molar-refractivity contribution in [3.63, 3.8) is 0 Å². The average molecular weight is 371 g/mol. The molecule has 0 saturated heterocycles. The summed E-state index contributed by atoms with van der Waals surface area (Å²) >= 11 is 4.96. The van der Waals surface area contributed by atoms with Gasteiger partial charge in [-0.15, -0.1) is 0 Å². The quantitative estimate of drug-likeness (QED) is 0.535. The molecule has 0 aliphatic heterocycles. The molecule has 0 saturated carbocycles. The van der Waals surface area contributed by atoms with Crippen LogP contribution >= 0.6 is 12.2 Å². The average Bonchev–Trinajstić information content (AvgIpc) is 2.65. The monoisotopic (exact) mass is 371 g/mol. The standard InChI is InChI=1S/C19H21N3O3S/c1-14-7-10-16(11-8-14)25-13-18(24)20-19(26)22-21-17(23)12-9-15-5-3-2-4-6-15/h2-8,10-11H,9,12-13H2,1H3,(H,21,23)(H2,20,22,24,26). The minimum atomic E-state index is -0.415. The van der Waals surface area contributed by atoms with Crippen molar-refractivity contribution in [3.8, 4) is 5.75 Å². The van der Waals surface area contributed by atoms with Gasteiger partial charge in [-0.05, 0) is 43.3 Å². The summed E-state index contributed by atoms with van der Waals surface area (Å²) in [5.41, 5.74) is 7.13. The molecule has 0 unspecified atom stereocenters. The normalized spacial score (nSPS) is 9.88. The highest BCUT2D eigenvalue weighted by Crippen LogP contribution is 2.10. The second-order valence-corrected chi connectivity index (χ2v) is 6.05. The van der Waals surface area contributed by atoms with Gasteiger partial charge in [0.2, 0.25) is 5.91 Å². The van der Waals surface area contributed by atoms with Gasteiger partial charge >= 0.3 is 0 Å². The summed E-state index contributed by atoms with van der Waals surface area (Å²) in [6.07, 6.45) is 0.933. The van der Waals surface area contributed by atoms with Gasteiger partial charge in [0, 0.05) is 6.42 Å². The van der Waals surface area contributed by atoms with E-state index in [1.165, 1.54) is 0 Å². The second kappa shape index (κ2) is 10.1. The third-order valence-corrected chi connectivity index (χ3v) is 3.65. The Balaban J connectivity index is 1.62. The van der Waals surface area contributed by atoms with Crippen molar-refractivity contribution in [2.24, 2.45) is 0 Å². The molecule has 0 aliphatic carbocycles. The van der Waals surface area contributed by atoms with Gasteiger partial charge in [0.25, 0.3) is 5.91 Å². The largest absolute Gasteiger partial charge is 0.484 e. The van der Waals surface area contributed by atoms with E-state index in [-0.39, 0.29) is 17.6 Å². The number of carbonyl (C=O) groups is 2. The molecule has 0 heterocycles. The molecule has 0 aliphatic rings. The molecule has 2 rings (SSSR count). The molecule has 0 atom stereocenters. The number of hydrogen-bond acceptors (Lipinski definition) is 4. The van der Waals surface area contributed by atoms with Crippen LogP contribution in [0.5, 0.6) is 5.75 Å². The van der Waals surface area contributed by atoms with Crippen LogP contribution in [-0.2, 0) is 16.0 Å². The summed E-state index contributed by atoms with van der Waals surface area (Å²) < 4.78 is 5.35. The van der Waals surface area contributed by atoms with Crippen LogP contribution in [0.1, 0.15) is 17.5 Å². The zero-order chi connectivity index (χ0) is 18.8. The molecule has 0 radical (unpaired) electrons. The molecule has 6 nitrogen and oxygen atoms in total. The number of ether oxygens (including phenoxy) is 1. The van der Waals surface area contributed by atoms with Crippen molar-refractivity contribution in [2.75, 3.05) is 6.61 Å². The van der Waals surface area contributed by atoms with Gasteiger partial charge < -0.3 is 4.74 Å². The fourth-order valence-corrected chi connectivity index (χ4v) is 2.23. The van der Waals surface area contributed by atoms with E-state index >= 15 is 0 Å². The zero-order valence-corrected chi connectivity index (χ0v) is 15.3. The Morgan fingerprint density at radius 1 is 0.962 bits per heavy atom. The number of rotatable bonds is 6. The minimum Gasteiger partial charge on any atom is -0.484 e. The van der Waals surface area contributed by atoms with E-state index in [0.29, 0.717) is 18.6 Å². The first-order valence-corrected chi connectivity index (χ1v) is 8.56. The first kappa shape index (κ1) is 19.4.